The molecular weight excluding hydrogens is 427 g/mol. The summed E-state index contributed by atoms with van der Waals surface area (Å²) in [5.74, 6) is -0.0788. The van der Waals surface area contributed by atoms with Gasteiger partial charge < -0.3 is 15.0 Å². The number of anilines is 1. The van der Waals surface area contributed by atoms with Crippen molar-refractivity contribution in [2.75, 3.05) is 70.9 Å². The lowest BCUT2D eigenvalue weighted by atomic mass is 10.2. The van der Waals surface area contributed by atoms with Crippen molar-refractivity contribution >= 4 is 52.3 Å². The fourth-order valence-electron chi connectivity index (χ4n) is 3.25. The highest BCUT2D eigenvalue weighted by atomic mass is 35.5. The third-order valence-electron chi connectivity index (χ3n) is 4.83. The third kappa shape index (κ3) is 5.95. The molecule has 2 aliphatic heterocycles. The molecule has 0 bridgehead atoms. The minimum Gasteiger partial charge on any atom is -0.379 e. The first kappa shape index (κ1) is 21.6. The van der Waals surface area contributed by atoms with E-state index >= 15 is 0 Å². The maximum Gasteiger partial charge on any atom is 0.238 e. The fraction of sp³-hybridized carbons (Fsp3) is 0.556. The Balaban J connectivity index is 1.43. The molecule has 2 fully saturated rings. The zero-order chi connectivity index (χ0) is 20.1. The van der Waals surface area contributed by atoms with Gasteiger partial charge in [-0.25, -0.2) is 0 Å². The molecule has 0 saturated carbocycles. The fourth-order valence-corrected chi connectivity index (χ4v) is 4.16. The summed E-state index contributed by atoms with van der Waals surface area (Å²) in [6.07, 6.45) is 0. The number of ether oxygens (including phenoxy) is 1. The van der Waals surface area contributed by atoms with Crippen LogP contribution < -0.4 is 5.32 Å². The maximum atomic E-state index is 12.4. The van der Waals surface area contributed by atoms with Crippen LogP contribution in [0.4, 0.5) is 5.69 Å². The van der Waals surface area contributed by atoms with Gasteiger partial charge in [0.2, 0.25) is 11.8 Å². The molecule has 28 heavy (non-hydrogen) atoms. The molecule has 1 N–H and O–H groups in total. The molecule has 7 nitrogen and oxygen atoms in total. The Labute approximate surface area is 179 Å². The summed E-state index contributed by atoms with van der Waals surface area (Å²) in [6.45, 7) is 6.09. The molecule has 1 aromatic carbocycles. The van der Waals surface area contributed by atoms with Crippen molar-refractivity contribution in [3.8, 4) is 0 Å². The van der Waals surface area contributed by atoms with Crippen molar-refractivity contribution in [1.29, 1.82) is 0 Å². The number of carbonyl (C=O) groups is 2. The lowest BCUT2D eigenvalue weighted by molar-refractivity contribution is -0.135. The quantitative estimate of drug-likeness (QED) is 0.745. The zero-order valence-corrected chi connectivity index (χ0v) is 17.7. The van der Waals surface area contributed by atoms with Crippen molar-refractivity contribution in [3.63, 3.8) is 0 Å². The zero-order valence-electron chi connectivity index (χ0n) is 15.4. The molecule has 0 radical (unpaired) electrons. The number of amides is 2. The first-order valence-corrected chi connectivity index (χ1v) is 10.3. The van der Waals surface area contributed by atoms with Crippen molar-refractivity contribution in [2.45, 2.75) is 0 Å². The van der Waals surface area contributed by atoms with Crippen LogP contribution in [0.2, 0.25) is 15.1 Å². The highest BCUT2D eigenvalue weighted by molar-refractivity contribution is 6.42. The van der Waals surface area contributed by atoms with Gasteiger partial charge in [0.1, 0.15) is 0 Å². The van der Waals surface area contributed by atoms with Gasteiger partial charge in [-0.3, -0.25) is 19.4 Å². The Bertz CT molecular complexity index is 697. The second kappa shape index (κ2) is 10.1. The van der Waals surface area contributed by atoms with Crippen LogP contribution in [0.15, 0.2) is 12.1 Å². The van der Waals surface area contributed by atoms with Crippen LogP contribution in [0, 0.1) is 0 Å². The van der Waals surface area contributed by atoms with Gasteiger partial charge in [-0.05, 0) is 12.1 Å². The topological polar surface area (TPSA) is 65.1 Å². The van der Waals surface area contributed by atoms with E-state index in [1.54, 1.807) is 0 Å². The van der Waals surface area contributed by atoms with Crippen molar-refractivity contribution < 1.29 is 14.3 Å². The third-order valence-corrected chi connectivity index (χ3v) is 5.64. The number of piperazine rings is 1. The predicted molar refractivity (Wildman–Crippen MR) is 110 cm³/mol. The van der Waals surface area contributed by atoms with Gasteiger partial charge in [0.05, 0.1) is 42.0 Å². The number of morpholine rings is 1. The molecule has 0 aliphatic carbocycles. The van der Waals surface area contributed by atoms with E-state index in [0.29, 0.717) is 66.7 Å². The number of hydrogen-bond donors (Lipinski definition) is 1. The van der Waals surface area contributed by atoms with Gasteiger partial charge >= 0.3 is 0 Å². The number of rotatable bonds is 5. The Kier molecular flexibility index (Phi) is 7.79. The molecule has 10 heteroatoms. The number of nitrogens with one attached hydrogen (secondary N) is 1. The van der Waals surface area contributed by atoms with Crippen LogP contribution in [0.1, 0.15) is 0 Å². The van der Waals surface area contributed by atoms with Crippen molar-refractivity contribution in [2.24, 2.45) is 0 Å². The van der Waals surface area contributed by atoms with Crippen LogP contribution in [0.3, 0.4) is 0 Å². The highest BCUT2D eigenvalue weighted by Crippen LogP contribution is 2.33. The van der Waals surface area contributed by atoms with E-state index < -0.39 is 0 Å². The van der Waals surface area contributed by atoms with Gasteiger partial charge in [-0.15, -0.1) is 0 Å². The summed E-state index contributed by atoms with van der Waals surface area (Å²) in [4.78, 5) is 30.8. The molecule has 2 heterocycles. The van der Waals surface area contributed by atoms with Crippen LogP contribution >= 0.6 is 34.8 Å². The first-order chi connectivity index (χ1) is 13.4. The molecule has 154 valence electrons. The predicted octanol–water partition coefficient (Wildman–Crippen LogP) is 2.06. The lowest BCUT2D eigenvalue weighted by Crippen LogP contribution is -2.53. The summed E-state index contributed by atoms with van der Waals surface area (Å²) in [5, 5.41) is 3.74. The number of halogens is 3. The van der Waals surface area contributed by atoms with E-state index in [2.05, 4.69) is 10.2 Å². The summed E-state index contributed by atoms with van der Waals surface area (Å²) >= 11 is 18.1. The molecule has 1 aromatic rings. The minimum atomic E-state index is -0.209. The summed E-state index contributed by atoms with van der Waals surface area (Å²) < 4.78 is 5.31. The van der Waals surface area contributed by atoms with E-state index in [-0.39, 0.29) is 18.4 Å². The molecular formula is C18H23Cl3N4O3. The molecule has 0 unspecified atom stereocenters. The van der Waals surface area contributed by atoms with Gasteiger partial charge in [-0.1, -0.05) is 34.8 Å². The van der Waals surface area contributed by atoms with E-state index in [4.69, 9.17) is 39.5 Å². The Morgan fingerprint density at radius 3 is 2.07 bits per heavy atom. The average Bonchev–Trinajstić information content (AvgIpc) is 2.66. The van der Waals surface area contributed by atoms with Crippen molar-refractivity contribution in [1.82, 2.24) is 14.7 Å². The monoisotopic (exact) mass is 448 g/mol. The second-order valence-corrected chi connectivity index (χ2v) is 8.09. The molecule has 2 amide bonds. The Morgan fingerprint density at radius 2 is 1.46 bits per heavy atom. The second-order valence-electron chi connectivity index (χ2n) is 6.84. The molecule has 2 aliphatic rings. The Hall–Kier alpha value is -1.09. The normalized spacial score (nSPS) is 18.9. The molecule has 0 aromatic heterocycles. The Morgan fingerprint density at radius 1 is 0.893 bits per heavy atom. The van der Waals surface area contributed by atoms with Crippen LogP contribution in [-0.4, -0.2) is 92.1 Å². The summed E-state index contributed by atoms with van der Waals surface area (Å²) in [6, 6.07) is 3.06. The van der Waals surface area contributed by atoms with Gasteiger partial charge in [-0.2, -0.15) is 0 Å². The lowest BCUT2D eigenvalue weighted by Gasteiger charge is -2.36. The SMILES string of the molecule is O=C(CN1CCN(C(=O)CN2CCOCC2)CC1)Nc1c(Cl)cc(Cl)cc1Cl. The van der Waals surface area contributed by atoms with Gasteiger partial charge in [0.25, 0.3) is 0 Å². The number of hydrogen-bond acceptors (Lipinski definition) is 5. The number of nitrogens with zero attached hydrogens (tertiary/aromatic N) is 3. The molecule has 0 atom stereocenters. The van der Waals surface area contributed by atoms with Gasteiger partial charge in [0, 0.05) is 44.3 Å². The van der Waals surface area contributed by atoms with Crippen LogP contribution in [-0.2, 0) is 14.3 Å². The molecule has 3 rings (SSSR count). The summed E-state index contributed by atoms with van der Waals surface area (Å²) in [5.41, 5.74) is 0.358. The summed E-state index contributed by atoms with van der Waals surface area (Å²) in [7, 11) is 0. The number of carbonyl (C=O) groups excluding carboxylic acids is 2. The molecule has 2 saturated heterocycles. The average molecular weight is 450 g/mol. The maximum absolute atomic E-state index is 12.4. The highest BCUT2D eigenvalue weighted by Gasteiger charge is 2.24. The van der Waals surface area contributed by atoms with Gasteiger partial charge in [0.15, 0.2) is 0 Å². The van der Waals surface area contributed by atoms with E-state index in [1.165, 1.54) is 12.1 Å². The van der Waals surface area contributed by atoms with E-state index in [0.717, 1.165) is 13.1 Å². The smallest absolute Gasteiger partial charge is 0.238 e. The van der Waals surface area contributed by atoms with Crippen molar-refractivity contribution in [3.05, 3.63) is 27.2 Å². The minimum absolute atomic E-state index is 0.130. The van der Waals surface area contributed by atoms with E-state index in [9.17, 15) is 9.59 Å². The first-order valence-electron chi connectivity index (χ1n) is 9.17. The standard InChI is InChI=1S/C18H23Cl3N4O3/c19-13-9-14(20)18(15(21)10-13)22-16(26)11-23-1-3-25(4-2-23)17(27)12-24-5-7-28-8-6-24/h9-10H,1-8,11-12H2,(H,22,26). The molecule has 0 spiro atoms. The van der Waals surface area contributed by atoms with Crippen LogP contribution in [0.25, 0.3) is 0 Å². The number of benzene rings is 1. The van der Waals surface area contributed by atoms with E-state index in [1.807, 2.05) is 9.80 Å². The van der Waals surface area contributed by atoms with Crippen LogP contribution in [0.5, 0.6) is 0 Å². The largest absolute Gasteiger partial charge is 0.379 e.